The number of sulfonamides is 1. The van der Waals surface area contributed by atoms with Crippen molar-refractivity contribution in [1.82, 2.24) is 9.99 Å². The molecule has 1 aromatic heterocycles. The van der Waals surface area contributed by atoms with Crippen molar-refractivity contribution < 1.29 is 22.7 Å². The van der Waals surface area contributed by atoms with Gasteiger partial charge in [0.05, 0.1) is 31.0 Å². The molecule has 1 heterocycles. The highest BCUT2D eigenvalue weighted by atomic mass is 32.2. The van der Waals surface area contributed by atoms with Crippen LogP contribution in [0.4, 0.5) is 5.69 Å². The molecule has 0 fully saturated rings. The topological polar surface area (TPSA) is 102 Å². The molecular formula is C31H34N4O5S. The van der Waals surface area contributed by atoms with E-state index in [0.717, 1.165) is 38.1 Å². The first-order valence-electron chi connectivity index (χ1n) is 12.9. The number of ether oxygens (including phenoxy) is 2. The Hall–Kier alpha value is -4.57. The predicted octanol–water partition coefficient (Wildman–Crippen LogP) is 5.07. The number of hydrazone groups is 1. The molecule has 0 atom stereocenters. The summed E-state index contributed by atoms with van der Waals surface area (Å²) in [7, 11) is -1.26. The fraction of sp³-hybridized carbons (Fsp3) is 0.226. The van der Waals surface area contributed by atoms with Crippen LogP contribution in [0.2, 0.25) is 0 Å². The highest BCUT2D eigenvalue weighted by molar-refractivity contribution is 7.92. The number of benzene rings is 3. The van der Waals surface area contributed by atoms with Crippen molar-refractivity contribution in [3.63, 3.8) is 0 Å². The van der Waals surface area contributed by atoms with Gasteiger partial charge < -0.3 is 14.0 Å². The number of anilines is 1. The van der Waals surface area contributed by atoms with Crippen LogP contribution in [0.3, 0.4) is 0 Å². The number of nitrogens with zero attached hydrogens (tertiary/aromatic N) is 3. The number of aromatic nitrogens is 1. The van der Waals surface area contributed by atoms with E-state index in [4.69, 9.17) is 9.47 Å². The minimum absolute atomic E-state index is 0.0457. The van der Waals surface area contributed by atoms with Crippen LogP contribution in [0.5, 0.6) is 11.5 Å². The summed E-state index contributed by atoms with van der Waals surface area (Å²) >= 11 is 0. The lowest BCUT2D eigenvalue weighted by Crippen LogP contribution is -2.39. The van der Waals surface area contributed by atoms with E-state index in [2.05, 4.69) is 34.2 Å². The van der Waals surface area contributed by atoms with Crippen molar-refractivity contribution in [2.75, 3.05) is 25.1 Å². The van der Waals surface area contributed by atoms with E-state index in [1.807, 2.05) is 39.0 Å². The van der Waals surface area contributed by atoms with E-state index in [9.17, 15) is 13.2 Å². The molecule has 3 aromatic carbocycles. The van der Waals surface area contributed by atoms with Crippen LogP contribution < -0.4 is 19.2 Å². The van der Waals surface area contributed by atoms with Gasteiger partial charge in [-0.2, -0.15) is 5.10 Å². The average Bonchev–Trinajstić information content (AvgIpc) is 3.24. The summed E-state index contributed by atoms with van der Waals surface area (Å²) in [4.78, 5) is 13.0. The quantitative estimate of drug-likeness (QED) is 0.210. The Morgan fingerprint density at radius 1 is 0.927 bits per heavy atom. The molecule has 0 aliphatic heterocycles. The lowest BCUT2D eigenvalue weighted by molar-refractivity contribution is -0.119. The van der Waals surface area contributed by atoms with Gasteiger partial charge in [0.25, 0.3) is 15.9 Å². The number of carbonyl (C=O) groups excluding carboxylic acids is 1. The molecule has 0 unspecified atom stereocenters. The van der Waals surface area contributed by atoms with Gasteiger partial charge in [-0.1, -0.05) is 35.9 Å². The van der Waals surface area contributed by atoms with Gasteiger partial charge in [0.1, 0.15) is 6.54 Å². The second kappa shape index (κ2) is 12.3. The van der Waals surface area contributed by atoms with E-state index in [1.165, 1.54) is 32.4 Å². The lowest BCUT2D eigenvalue weighted by atomic mass is 10.2. The van der Waals surface area contributed by atoms with Crippen molar-refractivity contribution in [2.24, 2.45) is 5.10 Å². The number of carbonyl (C=O) groups is 1. The number of nitrogens with one attached hydrogen (secondary N) is 1. The first-order valence-corrected chi connectivity index (χ1v) is 14.4. The fourth-order valence-electron chi connectivity index (χ4n) is 4.57. The van der Waals surface area contributed by atoms with Crippen LogP contribution in [-0.2, 0) is 14.8 Å². The summed E-state index contributed by atoms with van der Waals surface area (Å²) in [6.45, 7) is 7.46. The minimum Gasteiger partial charge on any atom is -0.493 e. The molecule has 0 bridgehead atoms. The zero-order valence-electron chi connectivity index (χ0n) is 24.0. The van der Waals surface area contributed by atoms with E-state index < -0.39 is 22.5 Å². The van der Waals surface area contributed by atoms with Crippen molar-refractivity contribution in [2.45, 2.75) is 32.6 Å². The molecule has 9 nitrogen and oxygen atoms in total. The largest absolute Gasteiger partial charge is 0.493 e. The smallest absolute Gasteiger partial charge is 0.264 e. The number of rotatable bonds is 10. The van der Waals surface area contributed by atoms with Gasteiger partial charge in [0.15, 0.2) is 11.5 Å². The van der Waals surface area contributed by atoms with Gasteiger partial charge in [-0.25, -0.2) is 13.8 Å². The van der Waals surface area contributed by atoms with Crippen LogP contribution in [-0.4, -0.2) is 45.9 Å². The Labute approximate surface area is 241 Å². The standard InChI is InChI=1S/C31H34N4O5S/c1-21-11-13-26(14-12-21)34(41(37,38)27-15-16-29(39-5)30(18-27)40-6)20-31(36)33-32-19-25-17-23(3)35(24(25)4)28-10-8-7-9-22(28)2/h7-19H,20H2,1-6H3,(H,33,36)/b32-19+. The monoisotopic (exact) mass is 574 g/mol. The molecule has 41 heavy (non-hydrogen) atoms. The van der Waals surface area contributed by atoms with Crippen LogP contribution in [0.15, 0.2) is 82.8 Å². The fourth-order valence-corrected chi connectivity index (χ4v) is 6.01. The molecule has 0 radical (unpaired) electrons. The Morgan fingerprint density at radius 2 is 1.61 bits per heavy atom. The number of aryl methyl sites for hydroxylation is 3. The Bertz CT molecular complexity index is 1690. The van der Waals surface area contributed by atoms with Gasteiger partial charge in [0.2, 0.25) is 0 Å². The van der Waals surface area contributed by atoms with Crippen LogP contribution in [0, 0.1) is 27.7 Å². The number of amides is 1. The zero-order valence-corrected chi connectivity index (χ0v) is 24.8. The van der Waals surface area contributed by atoms with E-state index in [1.54, 1.807) is 30.5 Å². The second-order valence-corrected chi connectivity index (χ2v) is 11.5. The molecule has 4 rings (SSSR count). The summed E-state index contributed by atoms with van der Waals surface area (Å²) < 4.78 is 41.3. The third-order valence-corrected chi connectivity index (χ3v) is 8.54. The summed E-state index contributed by atoms with van der Waals surface area (Å²) in [6.07, 6.45) is 1.56. The van der Waals surface area contributed by atoms with Crippen molar-refractivity contribution in [1.29, 1.82) is 0 Å². The molecule has 0 saturated heterocycles. The first kappa shape index (κ1) is 29.4. The third-order valence-electron chi connectivity index (χ3n) is 6.77. The summed E-state index contributed by atoms with van der Waals surface area (Å²) in [5, 5.41) is 4.14. The first-order chi connectivity index (χ1) is 19.6. The molecule has 0 saturated carbocycles. The molecule has 1 amide bonds. The van der Waals surface area contributed by atoms with E-state index in [0.29, 0.717) is 11.4 Å². The van der Waals surface area contributed by atoms with Crippen LogP contribution in [0.25, 0.3) is 5.69 Å². The third kappa shape index (κ3) is 6.28. The molecule has 0 spiro atoms. The van der Waals surface area contributed by atoms with Crippen molar-refractivity contribution >= 4 is 27.8 Å². The van der Waals surface area contributed by atoms with Crippen LogP contribution in [0.1, 0.15) is 28.1 Å². The SMILES string of the molecule is COc1ccc(S(=O)(=O)N(CC(=O)N/N=C/c2cc(C)n(-c3ccccc3C)c2C)c2ccc(C)cc2)cc1OC. The Balaban J connectivity index is 1.59. The Morgan fingerprint density at radius 3 is 2.27 bits per heavy atom. The normalized spacial score (nSPS) is 11.5. The molecule has 0 aliphatic carbocycles. The maximum absolute atomic E-state index is 13.8. The lowest BCUT2D eigenvalue weighted by Gasteiger charge is -2.24. The molecule has 4 aromatic rings. The zero-order chi connectivity index (χ0) is 29.7. The van der Waals surface area contributed by atoms with Crippen molar-refractivity contribution in [3.8, 4) is 17.2 Å². The maximum Gasteiger partial charge on any atom is 0.264 e. The molecule has 1 N–H and O–H groups in total. The highest BCUT2D eigenvalue weighted by Gasteiger charge is 2.28. The summed E-state index contributed by atoms with van der Waals surface area (Å²) in [6, 6.07) is 21.3. The molecule has 10 heteroatoms. The number of methoxy groups -OCH3 is 2. The summed E-state index contributed by atoms with van der Waals surface area (Å²) in [5.41, 5.74) is 8.81. The molecule has 0 aliphatic rings. The van der Waals surface area contributed by atoms with Crippen LogP contribution >= 0.6 is 0 Å². The number of hydrogen-bond donors (Lipinski definition) is 1. The van der Waals surface area contributed by atoms with Crippen molar-refractivity contribution in [3.05, 3.63) is 101 Å². The molecular weight excluding hydrogens is 540 g/mol. The number of para-hydroxylation sites is 1. The second-order valence-electron chi connectivity index (χ2n) is 9.61. The average molecular weight is 575 g/mol. The highest BCUT2D eigenvalue weighted by Crippen LogP contribution is 2.32. The predicted molar refractivity (Wildman–Crippen MR) is 161 cm³/mol. The van der Waals surface area contributed by atoms with Gasteiger partial charge >= 0.3 is 0 Å². The number of hydrogen-bond acceptors (Lipinski definition) is 6. The van der Waals surface area contributed by atoms with E-state index >= 15 is 0 Å². The van der Waals surface area contributed by atoms with Gasteiger partial charge in [0, 0.05) is 28.7 Å². The minimum atomic E-state index is -4.16. The van der Waals surface area contributed by atoms with E-state index in [-0.39, 0.29) is 10.6 Å². The van der Waals surface area contributed by atoms with Gasteiger partial charge in [-0.15, -0.1) is 0 Å². The maximum atomic E-state index is 13.8. The molecule has 214 valence electrons. The van der Waals surface area contributed by atoms with Gasteiger partial charge in [-0.05, 0) is 69.7 Å². The Kier molecular flexibility index (Phi) is 8.83. The summed E-state index contributed by atoms with van der Waals surface area (Å²) in [5.74, 6) is 0.0515. The van der Waals surface area contributed by atoms with Gasteiger partial charge in [-0.3, -0.25) is 9.10 Å².